The molecule has 1 unspecified atom stereocenters. The fraction of sp³-hybridized carbons (Fsp3) is 0.333. The molecule has 4 rings (SSSR count). The lowest BCUT2D eigenvalue weighted by molar-refractivity contribution is -0.117. The number of benzene rings is 2. The highest BCUT2D eigenvalue weighted by atomic mass is 32.2. The number of thioether (sulfide) groups is 1. The molecule has 2 amide bonds. The Balaban J connectivity index is 1.62. The van der Waals surface area contributed by atoms with Crippen molar-refractivity contribution in [3.05, 3.63) is 59.2 Å². The quantitative estimate of drug-likeness (QED) is 0.871. The lowest BCUT2D eigenvalue weighted by Gasteiger charge is -2.25. The molecule has 4 nitrogen and oxygen atoms in total. The number of aryl methyl sites for hydroxylation is 2. The van der Waals surface area contributed by atoms with Crippen LogP contribution in [0.25, 0.3) is 0 Å². The van der Waals surface area contributed by atoms with Gasteiger partial charge in [-0.05, 0) is 67.6 Å². The van der Waals surface area contributed by atoms with E-state index in [0.717, 1.165) is 29.8 Å². The molecule has 26 heavy (non-hydrogen) atoms. The Kier molecular flexibility index (Phi) is 4.49. The van der Waals surface area contributed by atoms with Crippen LogP contribution in [0.2, 0.25) is 0 Å². The Labute approximate surface area is 158 Å². The van der Waals surface area contributed by atoms with Gasteiger partial charge in [-0.2, -0.15) is 0 Å². The third-order valence-corrected chi connectivity index (χ3v) is 6.24. The Hall–Kier alpha value is -2.27. The average molecular weight is 366 g/mol. The largest absolute Gasteiger partial charge is 0.326 e. The van der Waals surface area contributed by atoms with E-state index in [2.05, 4.69) is 31.3 Å². The van der Waals surface area contributed by atoms with Crippen molar-refractivity contribution in [2.45, 2.75) is 32.1 Å². The molecule has 2 fully saturated rings. The molecule has 1 aliphatic heterocycles. The topological polar surface area (TPSA) is 49.4 Å². The summed E-state index contributed by atoms with van der Waals surface area (Å²) in [7, 11) is 0. The molecule has 2 aliphatic rings. The zero-order valence-corrected chi connectivity index (χ0v) is 15.8. The fourth-order valence-electron chi connectivity index (χ4n) is 3.19. The Morgan fingerprint density at radius 1 is 1.12 bits per heavy atom. The zero-order valence-electron chi connectivity index (χ0n) is 15.0. The summed E-state index contributed by atoms with van der Waals surface area (Å²) < 4.78 is 0. The minimum absolute atomic E-state index is 0.0672. The van der Waals surface area contributed by atoms with Crippen molar-refractivity contribution in [2.75, 3.05) is 16.0 Å². The molecule has 0 spiro atoms. The van der Waals surface area contributed by atoms with Gasteiger partial charge in [-0.25, -0.2) is 0 Å². The van der Waals surface area contributed by atoms with Crippen LogP contribution in [0.5, 0.6) is 0 Å². The lowest BCUT2D eigenvalue weighted by atomic mass is 10.1. The number of carbonyl (C=O) groups excluding carboxylic acids is 2. The number of anilines is 2. The van der Waals surface area contributed by atoms with Gasteiger partial charge >= 0.3 is 0 Å². The third-order valence-electron chi connectivity index (χ3n) is 5.02. The van der Waals surface area contributed by atoms with E-state index in [-0.39, 0.29) is 23.1 Å². The van der Waals surface area contributed by atoms with E-state index >= 15 is 0 Å². The first-order valence-corrected chi connectivity index (χ1v) is 9.99. The maximum atomic E-state index is 12.6. The lowest BCUT2D eigenvalue weighted by Crippen LogP contribution is -2.28. The molecule has 1 aliphatic carbocycles. The van der Waals surface area contributed by atoms with E-state index in [0.29, 0.717) is 5.75 Å². The minimum atomic E-state index is -0.0672. The van der Waals surface area contributed by atoms with Crippen molar-refractivity contribution in [1.82, 2.24) is 0 Å². The van der Waals surface area contributed by atoms with Gasteiger partial charge in [-0.3, -0.25) is 14.5 Å². The van der Waals surface area contributed by atoms with Crippen molar-refractivity contribution < 1.29 is 9.59 Å². The molecule has 0 radical (unpaired) electrons. The Morgan fingerprint density at radius 3 is 2.65 bits per heavy atom. The van der Waals surface area contributed by atoms with Gasteiger partial charge in [0.2, 0.25) is 11.8 Å². The first kappa shape index (κ1) is 17.2. The van der Waals surface area contributed by atoms with Crippen LogP contribution in [0.4, 0.5) is 11.4 Å². The van der Waals surface area contributed by atoms with Crippen molar-refractivity contribution in [2.24, 2.45) is 5.92 Å². The van der Waals surface area contributed by atoms with Crippen molar-refractivity contribution in [3.8, 4) is 0 Å². The summed E-state index contributed by atoms with van der Waals surface area (Å²) in [5.74, 6) is 0.864. The van der Waals surface area contributed by atoms with Gasteiger partial charge < -0.3 is 5.32 Å². The Bertz CT molecular complexity index is 876. The SMILES string of the molecule is Cc1ccc(N2C(=O)CSC2c2cccc(NC(=O)C3CC3)c2)cc1C. The smallest absolute Gasteiger partial charge is 0.238 e. The number of amides is 2. The van der Waals surface area contributed by atoms with Crippen LogP contribution in [-0.4, -0.2) is 17.6 Å². The molecule has 1 atom stereocenters. The first-order chi connectivity index (χ1) is 12.5. The molecule has 1 saturated carbocycles. The summed E-state index contributed by atoms with van der Waals surface area (Å²) in [6, 6.07) is 14.0. The van der Waals surface area contributed by atoms with Crippen LogP contribution in [0.15, 0.2) is 42.5 Å². The number of carbonyl (C=O) groups is 2. The monoisotopic (exact) mass is 366 g/mol. The Morgan fingerprint density at radius 2 is 1.92 bits per heavy atom. The summed E-state index contributed by atoms with van der Waals surface area (Å²) in [6.07, 6.45) is 1.97. The predicted octanol–water partition coefficient (Wildman–Crippen LogP) is 4.43. The maximum absolute atomic E-state index is 12.6. The molecular formula is C21H22N2O2S. The minimum Gasteiger partial charge on any atom is -0.326 e. The predicted molar refractivity (Wildman–Crippen MR) is 106 cm³/mol. The molecule has 2 aromatic carbocycles. The second kappa shape index (κ2) is 6.80. The van der Waals surface area contributed by atoms with E-state index in [1.807, 2.05) is 35.2 Å². The first-order valence-electron chi connectivity index (χ1n) is 8.94. The van der Waals surface area contributed by atoms with Crippen LogP contribution in [-0.2, 0) is 9.59 Å². The van der Waals surface area contributed by atoms with Gasteiger partial charge in [0, 0.05) is 17.3 Å². The number of nitrogens with one attached hydrogen (secondary N) is 1. The highest BCUT2D eigenvalue weighted by Gasteiger charge is 2.34. The van der Waals surface area contributed by atoms with Gasteiger partial charge in [0.25, 0.3) is 0 Å². The van der Waals surface area contributed by atoms with E-state index < -0.39 is 0 Å². The summed E-state index contributed by atoms with van der Waals surface area (Å²) in [6.45, 7) is 4.14. The fourth-order valence-corrected chi connectivity index (χ4v) is 4.35. The van der Waals surface area contributed by atoms with Gasteiger partial charge in [0.15, 0.2) is 0 Å². The van der Waals surface area contributed by atoms with Crippen LogP contribution in [0, 0.1) is 19.8 Å². The van der Waals surface area contributed by atoms with Crippen molar-refractivity contribution in [3.63, 3.8) is 0 Å². The third kappa shape index (κ3) is 3.36. The summed E-state index contributed by atoms with van der Waals surface area (Å²) in [4.78, 5) is 26.5. The van der Waals surface area contributed by atoms with Gasteiger partial charge in [0.05, 0.1) is 5.75 Å². The van der Waals surface area contributed by atoms with E-state index in [1.54, 1.807) is 11.8 Å². The molecule has 1 saturated heterocycles. The molecule has 1 heterocycles. The standard InChI is InChI=1S/C21H22N2O2S/c1-13-6-9-18(10-14(13)2)23-19(24)12-26-21(23)16-4-3-5-17(11-16)22-20(25)15-7-8-15/h3-6,9-11,15,21H,7-8,12H2,1-2H3,(H,22,25). The van der Waals surface area contributed by atoms with Crippen molar-refractivity contribution in [1.29, 1.82) is 0 Å². The molecule has 134 valence electrons. The number of hydrogen-bond donors (Lipinski definition) is 1. The number of nitrogens with zero attached hydrogens (tertiary/aromatic N) is 1. The highest BCUT2D eigenvalue weighted by Crippen LogP contribution is 2.42. The van der Waals surface area contributed by atoms with E-state index in [1.165, 1.54) is 11.1 Å². The average Bonchev–Trinajstić information content (AvgIpc) is 3.40. The zero-order chi connectivity index (χ0) is 18.3. The molecule has 0 bridgehead atoms. The second-order valence-corrected chi connectivity index (χ2v) is 8.15. The van der Waals surface area contributed by atoms with Gasteiger partial charge in [0.1, 0.15) is 5.37 Å². The summed E-state index contributed by atoms with van der Waals surface area (Å²) in [5, 5.41) is 2.93. The van der Waals surface area contributed by atoms with Gasteiger partial charge in [-0.1, -0.05) is 18.2 Å². The number of rotatable bonds is 4. The van der Waals surface area contributed by atoms with Crippen LogP contribution >= 0.6 is 11.8 Å². The normalized spacial score (nSPS) is 19.7. The maximum Gasteiger partial charge on any atom is 0.238 e. The molecule has 5 heteroatoms. The molecule has 1 N–H and O–H groups in total. The summed E-state index contributed by atoms with van der Waals surface area (Å²) >= 11 is 1.63. The second-order valence-electron chi connectivity index (χ2n) is 7.08. The summed E-state index contributed by atoms with van der Waals surface area (Å²) in [5.41, 5.74) is 5.17. The molecule has 0 aromatic heterocycles. The van der Waals surface area contributed by atoms with Crippen LogP contribution in [0.1, 0.15) is 34.9 Å². The van der Waals surface area contributed by atoms with E-state index in [9.17, 15) is 9.59 Å². The van der Waals surface area contributed by atoms with Crippen LogP contribution < -0.4 is 10.2 Å². The van der Waals surface area contributed by atoms with Crippen molar-refractivity contribution >= 4 is 35.0 Å². The van der Waals surface area contributed by atoms with E-state index in [4.69, 9.17) is 0 Å². The molecular weight excluding hydrogens is 344 g/mol. The van der Waals surface area contributed by atoms with Gasteiger partial charge in [-0.15, -0.1) is 11.8 Å². The number of hydrogen-bond acceptors (Lipinski definition) is 3. The highest BCUT2D eigenvalue weighted by molar-refractivity contribution is 8.00. The molecule has 2 aromatic rings. The van der Waals surface area contributed by atoms with Crippen LogP contribution in [0.3, 0.4) is 0 Å².